The van der Waals surface area contributed by atoms with Crippen molar-refractivity contribution in [3.8, 4) is 28.7 Å². The Morgan fingerprint density at radius 2 is 1.78 bits per heavy atom. The normalized spacial score (nSPS) is 12.9. The van der Waals surface area contributed by atoms with Crippen LogP contribution in [0.1, 0.15) is 29.0 Å². The summed E-state index contributed by atoms with van der Waals surface area (Å²) in [5.41, 5.74) is 3.69. The Morgan fingerprint density at radius 1 is 0.944 bits per heavy atom. The highest BCUT2D eigenvalue weighted by Gasteiger charge is 2.26. The third kappa shape index (κ3) is 4.49. The second-order valence-electron chi connectivity index (χ2n) is 8.46. The average Bonchev–Trinajstić information content (AvgIpc) is 3.57. The first-order valence-electron chi connectivity index (χ1n) is 11.6. The van der Waals surface area contributed by atoms with Crippen molar-refractivity contribution in [2.75, 3.05) is 28.1 Å². The van der Waals surface area contributed by atoms with E-state index >= 15 is 0 Å². The van der Waals surface area contributed by atoms with Crippen molar-refractivity contribution in [2.24, 2.45) is 0 Å². The average molecular weight is 489 g/mol. The lowest BCUT2D eigenvalue weighted by Crippen LogP contribution is -2.25. The van der Waals surface area contributed by atoms with E-state index in [4.69, 9.17) is 23.7 Å². The molecule has 0 saturated heterocycles. The van der Waals surface area contributed by atoms with Gasteiger partial charge in [0.2, 0.25) is 12.7 Å². The van der Waals surface area contributed by atoms with Gasteiger partial charge in [-0.25, -0.2) is 0 Å². The predicted octanol–water partition coefficient (Wildman–Crippen LogP) is 4.76. The fourth-order valence-corrected chi connectivity index (χ4v) is 4.62. The van der Waals surface area contributed by atoms with E-state index in [1.807, 2.05) is 60.8 Å². The smallest absolute Gasteiger partial charge is 0.231 e. The number of rotatable bonds is 9. The van der Waals surface area contributed by atoms with Crippen molar-refractivity contribution in [1.29, 1.82) is 0 Å². The van der Waals surface area contributed by atoms with Crippen molar-refractivity contribution in [1.82, 2.24) is 10.3 Å². The lowest BCUT2D eigenvalue weighted by Gasteiger charge is -2.21. The number of nitrogens with one attached hydrogen (secondary N) is 2. The fourth-order valence-electron chi connectivity index (χ4n) is 4.62. The number of aromatic nitrogens is 1. The number of amides is 1. The molecule has 0 fully saturated rings. The Bertz CT molecular complexity index is 1400. The monoisotopic (exact) mass is 488 g/mol. The van der Waals surface area contributed by atoms with Gasteiger partial charge in [-0.2, -0.15) is 0 Å². The number of carbonyl (C=O) groups excluding carboxylic acids is 1. The molecule has 1 amide bonds. The molecule has 186 valence electrons. The van der Waals surface area contributed by atoms with Crippen LogP contribution in [-0.4, -0.2) is 39.0 Å². The lowest BCUT2D eigenvalue weighted by atomic mass is 9.87. The summed E-state index contributed by atoms with van der Waals surface area (Å²) in [7, 11) is 4.87. The molecule has 8 heteroatoms. The van der Waals surface area contributed by atoms with Crippen LogP contribution in [0.4, 0.5) is 0 Å². The Morgan fingerprint density at radius 3 is 2.58 bits per heavy atom. The molecular weight excluding hydrogens is 460 g/mol. The minimum absolute atomic E-state index is 0.0974. The van der Waals surface area contributed by atoms with Crippen LogP contribution in [-0.2, 0) is 11.3 Å². The summed E-state index contributed by atoms with van der Waals surface area (Å²) in [6.45, 7) is 0.587. The van der Waals surface area contributed by atoms with Crippen LogP contribution >= 0.6 is 0 Å². The number of hydrogen-bond donors (Lipinski definition) is 2. The van der Waals surface area contributed by atoms with E-state index in [9.17, 15) is 4.79 Å². The van der Waals surface area contributed by atoms with Gasteiger partial charge in [-0.3, -0.25) is 4.79 Å². The van der Waals surface area contributed by atoms with E-state index in [1.54, 1.807) is 21.3 Å². The highest BCUT2D eigenvalue weighted by atomic mass is 16.7. The van der Waals surface area contributed by atoms with Gasteiger partial charge in [0.25, 0.3) is 0 Å². The molecule has 0 bridgehead atoms. The molecule has 4 aromatic rings. The number of benzene rings is 3. The summed E-state index contributed by atoms with van der Waals surface area (Å²) in [5.74, 6) is 3.07. The van der Waals surface area contributed by atoms with Gasteiger partial charge in [-0.1, -0.05) is 18.2 Å². The van der Waals surface area contributed by atoms with E-state index in [2.05, 4.69) is 10.3 Å². The lowest BCUT2D eigenvalue weighted by molar-refractivity contribution is -0.121. The zero-order valence-corrected chi connectivity index (χ0v) is 20.4. The van der Waals surface area contributed by atoms with Crippen molar-refractivity contribution >= 4 is 16.8 Å². The maximum Gasteiger partial charge on any atom is 0.231 e. The minimum Gasteiger partial charge on any atom is -0.497 e. The highest BCUT2D eigenvalue weighted by molar-refractivity contribution is 5.91. The third-order valence-corrected chi connectivity index (χ3v) is 6.43. The second kappa shape index (κ2) is 10.1. The molecule has 8 nitrogen and oxygen atoms in total. The molecule has 2 heterocycles. The first kappa shape index (κ1) is 23.4. The zero-order chi connectivity index (χ0) is 25.1. The number of ether oxygens (including phenoxy) is 5. The van der Waals surface area contributed by atoms with Gasteiger partial charge in [0.1, 0.15) is 17.2 Å². The molecule has 0 spiro atoms. The molecule has 1 aliphatic heterocycles. The second-order valence-corrected chi connectivity index (χ2v) is 8.46. The molecule has 0 aliphatic carbocycles. The molecule has 36 heavy (non-hydrogen) atoms. The maximum absolute atomic E-state index is 13.3. The molecule has 1 atom stereocenters. The van der Waals surface area contributed by atoms with Crippen LogP contribution in [0.15, 0.2) is 60.8 Å². The van der Waals surface area contributed by atoms with Crippen LogP contribution in [0.3, 0.4) is 0 Å². The first-order chi connectivity index (χ1) is 17.6. The van der Waals surface area contributed by atoms with Gasteiger partial charge in [0.15, 0.2) is 11.5 Å². The Hall–Kier alpha value is -4.33. The summed E-state index contributed by atoms with van der Waals surface area (Å²) >= 11 is 0. The number of fused-ring (bicyclic) bond motifs is 2. The summed E-state index contributed by atoms with van der Waals surface area (Å²) in [6, 6.07) is 17.2. The summed E-state index contributed by atoms with van der Waals surface area (Å²) < 4.78 is 27.6. The number of hydrogen-bond acceptors (Lipinski definition) is 6. The topological polar surface area (TPSA) is 91.0 Å². The van der Waals surface area contributed by atoms with Gasteiger partial charge in [-0.05, 0) is 41.5 Å². The van der Waals surface area contributed by atoms with Crippen molar-refractivity contribution < 1.29 is 28.5 Å². The van der Waals surface area contributed by atoms with Crippen LogP contribution in [0.25, 0.3) is 10.9 Å². The van der Waals surface area contributed by atoms with Gasteiger partial charge < -0.3 is 34.0 Å². The van der Waals surface area contributed by atoms with Crippen LogP contribution in [0.2, 0.25) is 0 Å². The number of aromatic amines is 1. The molecule has 1 unspecified atom stereocenters. The molecule has 0 saturated carbocycles. The standard InChI is InChI=1S/C28H28N2O6/c1-32-18-8-9-19(25(12-18)34-3)20(21-15-29-22-5-4-6-24(33-2)28(21)22)13-27(31)30-14-17-7-10-23-26(11-17)36-16-35-23/h4-12,15,20,29H,13-14,16H2,1-3H3,(H,30,31). The number of methoxy groups -OCH3 is 3. The summed E-state index contributed by atoms with van der Waals surface area (Å²) in [6.07, 6.45) is 2.14. The number of H-pyrrole nitrogens is 1. The van der Waals surface area contributed by atoms with Crippen LogP contribution < -0.4 is 29.0 Å². The molecular formula is C28H28N2O6. The van der Waals surface area contributed by atoms with E-state index in [-0.39, 0.29) is 25.0 Å². The van der Waals surface area contributed by atoms with Crippen molar-refractivity contribution in [2.45, 2.75) is 18.9 Å². The predicted molar refractivity (Wildman–Crippen MR) is 135 cm³/mol. The van der Waals surface area contributed by atoms with Gasteiger partial charge in [0.05, 0.1) is 21.3 Å². The first-order valence-corrected chi connectivity index (χ1v) is 11.6. The number of carbonyl (C=O) groups is 1. The molecule has 0 radical (unpaired) electrons. The van der Waals surface area contributed by atoms with E-state index in [1.165, 1.54) is 0 Å². The zero-order valence-electron chi connectivity index (χ0n) is 20.4. The Balaban J connectivity index is 1.47. The molecule has 5 rings (SSSR count). The highest BCUT2D eigenvalue weighted by Crippen LogP contribution is 2.42. The van der Waals surface area contributed by atoms with E-state index in [0.29, 0.717) is 29.5 Å². The van der Waals surface area contributed by atoms with E-state index < -0.39 is 0 Å². The van der Waals surface area contributed by atoms with Crippen molar-refractivity contribution in [3.63, 3.8) is 0 Å². The molecule has 1 aliphatic rings. The third-order valence-electron chi connectivity index (χ3n) is 6.43. The Labute approximate surface area is 209 Å². The van der Waals surface area contributed by atoms with Crippen molar-refractivity contribution in [3.05, 3.63) is 77.5 Å². The van der Waals surface area contributed by atoms with Crippen LogP contribution in [0, 0.1) is 0 Å². The van der Waals surface area contributed by atoms with Gasteiger partial charge in [0, 0.05) is 47.6 Å². The largest absolute Gasteiger partial charge is 0.497 e. The quantitative estimate of drug-likeness (QED) is 0.353. The Kier molecular flexibility index (Phi) is 6.58. The van der Waals surface area contributed by atoms with Gasteiger partial charge in [-0.15, -0.1) is 0 Å². The summed E-state index contributed by atoms with van der Waals surface area (Å²) in [4.78, 5) is 16.6. The molecule has 1 aromatic heterocycles. The van der Waals surface area contributed by atoms with Gasteiger partial charge >= 0.3 is 0 Å². The SMILES string of the molecule is COc1ccc(C(CC(=O)NCc2ccc3c(c2)OCO3)c2c[nH]c3cccc(OC)c23)c(OC)c1. The van der Waals surface area contributed by atoms with E-state index in [0.717, 1.165) is 33.3 Å². The molecule has 2 N–H and O–H groups in total. The minimum atomic E-state index is -0.298. The summed E-state index contributed by atoms with van der Waals surface area (Å²) in [5, 5.41) is 3.98. The fraction of sp³-hybridized carbons (Fsp3) is 0.250. The van der Waals surface area contributed by atoms with Crippen LogP contribution in [0.5, 0.6) is 28.7 Å². The molecule has 3 aromatic carbocycles. The maximum atomic E-state index is 13.3.